The van der Waals surface area contributed by atoms with E-state index in [4.69, 9.17) is 10.2 Å². The molecule has 0 aromatic rings. The maximum atomic E-state index is 10.3. The minimum Gasteiger partial charge on any atom is -0.478 e. The Morgan fingerprint density at radius 2 is 1.16 bits per heavy atom. The zero-order chi connectivity index (χ0) is 18.8. The maximum Gasteiger partial charge on any atom is 0.327 e. The van der Waals surface area contributed by atoms with Crippen LogP contribution in [0.1, 0.15) is 89.9 Å². The highest BCUT2D eigenvalue weighted by Crippen LogP contribution is 2.14. The average molecular weight is 359 g/mol. The van der Waals surface area contributed by atoms with Crippen molar-refractivity contribution in [3.63, 3.8) is 0 Å². The zero-order valence-corrected chi connectivity index (χ0v) is 15.6. The van der Waals surface area contributed by atoms with Gasteiger partial charge < -0.3 is 20.4 Å². The van der Waals surface area contributed by atoms with Crippen LogP contribution in [0.3, 0.4) is 0 Å². The van der Waals surface area contributed by atoms with Crippen molar-refractivity contribution in [2.75, 3.05) is 6.61 Å². The SMILES string of the molecule is O=C(O)/C=C/C[C@@H](O)CCCCCC[C@H](O)CCCCCCCCO. The summed E-state index contributed by atoms with van der Waals surface area (Å²) < 4.78 is 0. The molecule has 0 unspecified atom stereocenters. The number of carboxylic acids is 1. The molecule has 0 bridgehead atoms. The molecule has 0 aromatic heterocycles. The van der Waals surface area contributed by atoms with Crippen molar-refractivity contribution in [3.05, 3.63) is 12.2 Å². The summed E-state index contributed by atoms with van der Waals surface area (Å²) in [7, 11) is 0. The Hall–Kier alpha value is -0.910. The molecule has 5 heteroatoms. The molecule has 0 heterocycles. The van der Waals surface area contributed by atoms with Gasteiger partial charge in [-0.05, 0) is 32.1 Å². The Kier molecular flexibility index (Phi) is 17.2. The van der Waals surface area contributed by atoms with Crippen molar-refractivity contribution < 1.29 is 25.2 Å². The minimum atomic E-state index is -0.979. The molecule has 25 heavy (non-hydrogen) atoms. The van der Waals surface area contributed by atoms with Crippen LogP contribution in [0.2, 0.25) is 0 Å². The molecule has 0 saturated carbocycles. The van der Waals surface area contributed by atoms with Gasteiger partial charge in [-0.3, -0.25) is 0 Å². The van der Waals surface area contributed by atoms with Crippen LogP contribution >= 0.6 is 0 Å². The van der Waals surface area contributed by atoms with Crippen molar-refractivity contribution in [2.24, 2.45) is 0 Å². The molecular weight excluding hydrogens is 320 g/mol. The van der Waals surface area contributed by atoms with Gasteiger partial charge in [-0.15, -0.1) is 0 Å². The molecule has 4 N–H and O–H groups in total. The number of aliphatic carboxylic acids is 1. The van der Waals surface area contributed by atoms with Gasteiger partial charge in [0.1, 0.15) is 0 Å². The molecule has 0 fully saturated rings. The Morgan fingerprint density at radius 1 is 0.720 bits per heavy atom. The summed E-state index contributed by atoms with van der Waals surface area (Å²) in [6, 6.07) is 0. The summed E-state index contributed by atoms with van der Waals surface area (Å²) in [5.41, 5.74) is 0. The standard InChI is InChI=1S/C20H38O5/c21-17-10-6-2-1-3-7-12-18(22)13-8-4-5-9-14-19(23)15-11-16-20(24)25/h11,16,18-19,21-23H,1-10,12-15,17H2,(H,24,25)/b16-11+/t18-,19+/m1/s1. The van der Waals surface area contributed by atoms with Gasteiger partial charge in [-0.25, -0.2) is 4.79 Å². The molecule has 2 atom stereocenters. The third-order valence-corrected chi connectivity index (χ3v) is 4.44. The van der Waals surface area contributed by atoms with Crippen LogP contribution in [-0.2, 0) is 4.79 Å². The lowest BCUT2D eigenvalue weighted by Crippen LogP contribution is -2.06. The van der Waals surface area contributed by atoms with Gasteiger partial charge in [-0.2, -0.15) is 0 Å². The molecule has 0 aromatic carbocycles. The second kappa shape index (κ2) is 17.9. The maximum absolute atomic E-state index is 10.3. The third kappa shape index (κ3) is 19.3. The van der Waals surface area contributed by atoms with E-state index < -0.39 is 12.1 Å². The van der Waals surface area contributed by atoms with Crippen LogP contribution < -0.4 is 0 Å². The average Bonchev–Trinajstić information content (AvgIpc) is 2.56. The van der Waals surface area contributed by atoms with E-state index in [0.29, 0.717) is 19.4 Å². The van der Waals surface area contributed by atoms with Crippen LogP contribution in [0.4, 0.5) is 0 Å². The second-order valence-corrected chi connectivity index (χ2v) is 6.91. The third-order valence-electron chi connectivity index (χ3n) is 4.44. The van der Waals surface area contributed by atoms with Gasteiger partial charge in [0.05, 0.1) is 12.2 Å². The number of carbonyl (C=O) groups is 1. The van der Waals surface area contributed by atoms with E-state index in [1.807, 2.05) is 0 Å². The van der Waals surface area contributed by atoms with Crippen LogP contribution in [0.15, 0.2) is 12.2 Å². The van der Waals surface area contributed by atoms with E-state index in [9.17, 15) is 15.0 Å². The molecule has 0 rings (SSSR count). The van der Waals surface area contributed by atoms with Crippen molar-refractivity contribution in [2.45, 2.75) is 102 Å². The van der Waals surface area contributed by atoms with Crippen LogP contribution in [0.5, 0.6) is 0 Å². The summed E-state index contributed by atoms with van der Waals surface area (Å²) in [5, 5.41) is 36.8. The van der Waals surface area contributed by atoms with E-state index in [1.165, 1.54) is 18.9 Å². The second-order valence-electron chi connectivity index (χ2n) is 6.91. The molecule has 0 saturated heterocycles. The summed E-state index contributed by atoms with van der Waals surface area (Å²) in [5.74, 6) is -0.979. The molecular formula is C20H38O5. The predicted octanol–water partition coefficient (Wildman–Crippen LogP) is 3.80. The largest absolute Gasteiger partial charge is 0.478 e. The predicted molar refractivity (Wildman–Crippen MR) is 101 cm³/mol. The first-order valence-corrected chi connectivity index (χ1v) is 9.92. The van der Waals surface area contributed by atoms with E-state index >= 15 is 0 Å². The fourth-order valence-corrected chi connectivity index (χ4v) is 2.90. The Bertz CT molecular complexity index is 330. The van der Waals surface area contributed by atoms with Gasteiger partial charge in [0.15, 0.2) is 0 Å². The molecule has 0 spiro atoms. The van der Waals surface area contributed by atoms with Crippen molar-refractivity contribution in [3.8, 4) is 0 Å². The number of carboxylic acid groups (broad SMARTS) is 1. The zero-order valence-electron chi connectivity index (χ0n) is 15.6. The van der Waals surface area contributed by atoms with E-state index in [-0.39, 0.29) is 6.10 Å². The molecule has 0 aliphatic rings. The fourth-order valence-electron chi connectivity index (χ4n) is 2.90. The quantitative estimate of drug-likeness (QED) is 0.221. The van der Waals surface area contributed by atoms with Gasteiger partial charge in [0, 0.05) is 12.7 Å². The lowest BCUT2D eigenvalue weighted by atomic mass is 10.0. The van der Waals surface area contributed by atoms with Crippen LogP contribution in [0, 0.1) is 0 Å². The molecule has 0 radical (unpaired) electrons. The first-order chi connectivity index (χ1) is 12.1. The van der Waals surface area contributed by atoms with Crippen LogP contribution in [-0.4, -0.2) is 45.2 Å². The van der Waals surface area contributed by atoms with E-state index in [0.717, 1.165) is 70.3 Å². The molecule has 0 aliphatic carbocycles. The van der Waals surface area contributed by atoms with Crippen molar-refractivity contribution in [1.29, 1.82) is 0 Å². The normalized spacial score (nSPS) is 14.0. The summed E-state index contributed by atoms with van der Waals surface area (Å²) >= 11 is 0. The number of rotatable bonds is 18. The lowest BCUT2D eigenvalue weighted by Gasteiger charge is -2.11. The molecule has 5 nitrogen and oxygen atoms in total. The molecule has 0 aliphatic heterocycles. The van der Waals surface area contributed by atoms with Gasteiger partial charge in [0.2, 0.25) is 0 Å². The van der Waals surface area contributed by atoms with Gasteiger partial charge in [-0.1, -0.05) is 63.9 Å². The highest BCUT2D eigenvalue weighted by atomic mass is 16.4. The smallest absolute Gasteiger partial charge is 0.327 e. The minimum absolute atomic E-state index is 0.191. The Labute approximate surface area is 152 Å². The Morgan fingerprint density at radius 3 is 1.64 bits per heavy atom. The number of aliphatic hydroxyl groups is 3. The van der Waals surface area contributed by atoms with Crippen molar-refractivity contribution >= 4 is 5.97 Å². The molecule has 148 valence electrons. The summed E-state index contributed by atoms with van der Waals surface area (Å²) in [4.78, 5) is 10.3. The Balaban J connectivity index is 3.34. The summed E-state index contributed by atoms with van der Waals surface area (Å²) in [6.07, 6.45) is 15.4. The first-order valence-electron chi connectivity index (χ1n) is 9.92. The monoisotopic (exact) mass is 358 g/mol. The van der Waals surface area contributed by atoms with Gasteiger partial charge >= 0.3 is 5.97 Å². The first kappa shape index (κ1) is 24.1. The number of hydrogen-bond donors (Lipinski definition) is 4. The fraction of sp³-hybridized carbons (Fsp3) is 0.850. The molecule has 0 amide bonds. The highest BCUT2D eigenvalue weighted by molar-refractivity contribution is 5.79. The lowest BCUT2D eigenvalue weighted by molar-refractivity contribution is -0.131. The number of unbranched alkanes of at least 4 members (excludes halogenated alkanes) is 8. The van der Waals surface area contributed by atoms with E-state index in [2.05, 4.69) is 0 Å². The topological polar surface area (TPSA) is 98.0 Å². The highest BCUT2D eigenvalue weighted by Gasteiger charge is 2.05. The number of hydrogen-bond acceptors (Lipinski definition) is 4. The van der Waals surface area contributed by atoms with Crippen LogP contribution in [0.25, 0.3) is 0 Å². The number of aliphatic hydroxyl groups excluding tert-OH is 3. The summed E-state index contributed by atoms with van der Waals surface area (Å²) in [6.45, 7) is 0.291. The van der Waals surface area contributed by atoms with Gasteiger partial charge in [0.25, 0.3) is 0 Å². The van der Waals surface area contributed by atoms with E-state index in [1.54, 1.807) is 0 Å². The van der Waals surface area contributed by atoms with Crippen molar-refractivity contribution in [1.82, 2.24) is 0 Å².